The average molecular weight is 294 g/mol. The van der Waals surface area contributed by atoms with Crippen molar-refractivity contribution in [1.29, 1.82) is 0 Å². The molecule has 0 saturated heterocycles. The van der Waals surface area contributed by atoms with Crippen molar-refractivity contribution in [2.45, 2.75) is 29.9 Å². The van der Waals surface area contributed by atoms with Gasteiger partial charge in [0.25, 0.3) is 0 Å². The third-order valence-corrected chi connectivity index (χ3v) is 7.02. The lowest BCUT2D eigenvalue weighted by molar-refractivity contribution is 0.457. The number of rotatable bonds is 0. The lowest BCUT2D eigenvalue weighted by Gasteiger charge is -2.03. The van der Waals surface area contributed by atoms with Gasteiger partial charge in [-0.2, -0.15) is 0 Å². The van der Waals surface area contributed by atoms with E-state index < -0.39 is 0 Å². The van der Waals surface area contributed by atoms with Crippen LogP contribution in [0, 0.1) is 29.1 Å². The number of hydrogen-bond donors (Lipinski definition) is 0. The summed E-state index contributed by atoms with van der Waals surface area (Å²) in [5, 5.41) is 0. The summed E-state index contributed by atoms with van der Waals surface area (Å²) in [5.41, 5.74) is 0.684. The maximum absolute atomic E-state index is 3.78. The second-order valence-electron chi connectivity index (χ2n) is 5.39. The highest BCUT2D eigenvalue weighted by molar-refractivity contribution is 9.25. The van der Waals surface area contributed by atoms with Gasteiger partial charge in [-0.15, -0.1) is 0 Å². The molecule has 0 N–H and O–H groups in total. The van der Waals surface area contributed by atoms with Gasteiger partial charge in [0, 0.05) is 0 Å². The van der Waals surface area contributed by atoms with Crippen molar-refractivity contribution in [3.05, 3.63) is 0 Å². The predicted molar refractivity (Wildman–Crippen MR) is 57.6 cm³/mol. The third-order valence-electron chi connectivity index (χ3n) is 4.67. The van der Waals surface area contributed by atoms with Gasteiger partial charge in [-0.3, -0.25) is 0 Å². The fourth-order valence-electron chi connectivity index (χ4n) is 3.44. The molecule has 2 heteroatoms. The van der Waals surface area contributed by atoms with Crippen molar-refractivity contribution in [3.8, 4) is 0 Å². The Morgan fingerprint density at radius 1 is 0.917 bits per heavy atom. The molecule has 0 bridgehead atoms. The van der Waals surface area contributed by atoms with Crippen LogP contribution in [0.15, 0.2) is 0 Å². The molecule has 0 radical (unpaired) electrons. The maximum Gasteiger partial charge on any atom is 0.0868 e. The molecule has 0 heterocycles. The Hall–Kier alpha value is 0.960. The Morgan fingerprint density at radius 3 is 1.75 bits per heavy atom. The van der Waals surface area contributed by atoms with Gasteiger partial charge >= 0.3 is 0 Å². The molecule has 0 aromatic carbocycles. The molecule has 3 aliphatic carbocycles. The van der Waals surface area contributed by atoms with Crippen LogP contribution in [0.4, 0.5) is 0 Å². The topological polar surface area (TPSA) is 0 Å². The SMILES string of the molecule is CC1(C)[C@@H]2C[C@@H]3[C@H](C[C@H]21)C3(Br)Br. The van der Waals surface area contributed by atoms with Crippen molar-refractivity contribution < 1.29 is 0 Å². The first-order chi connectivity index (χ1) is 5.45. The molecule has 0 amide bonds. The normalized spacial score (nSPS) is 57.0. The average Bonchev–Trinajstić information content (AvgIpc) is 2.72. The smallest absolute Gasteiger partial charge is 0.0721 e. The van der Waals surface area contributed by atoms with Crippen LogP contribution in [0.1, 0.15) is 26.7 Å². The highest BCUT2D eigenvalue weighted by Crippen LogP contribution is 2.78. The van der Waals surface area contributed by atoms with E-state index in [1.54, 1.807) is 0 Å². The van der Waals surface area contributed by atoms with Gasteiger partial charge in [-0.05, 0) is 41.9 Å². The monoisotopic (exact) mass is 292 g/mol. The van der Waals surface area contributed by atoms with Crippen LogP contribution in [0.25, 0.3) is 0 Å². The van der Waals surface area contributed by atoms with Crippen LogP contribution in [0.5, 0.6) is 0 Å². The minimum absolute atomic E-state index is 0.351. The summed E-state index contributed by atoms with van der Waals surface area (Å²) in [5.74, 6) is 3.94. The van der Waals surface area contributed by atoms with Crippen molar-refractivity contribution in [1.82, 2.24) is 0 Å². The quantitative estimate of drug-likeness (QED) is 0.596. The summed E-state index contributed by atoms with van der Waals surface area (Å²) in [7, 11) is 0. The second kappa shape index (κ2) is 1.98. The van der Waals surface area contributed by atoms with E-state index in [0.717, 1.165) is 23.7 Å². The Morgan fingerprint density at radius 2 is 1.33 bits per heavy atom. The Bertz CT molecular complexity index is 198. The van der Waals surface area contributed by atoms with Gasteiger partial charge in [0.1, 0.15) is 0 Å². The summed E-state index contributed by atoms with van der Waals surface area (Å²) in [6.07, 6.45) is 2.91. The molecule has 3 rings (SSSR count). The molecule has 0 spiro atoms. The largest absolute Gasteiger partial charge is 0.0868 e. The van der Waals surface area contributed by atoms with Crippen LogP contribution in [0.3, 0.4) is 0 Å². The molecule has 0 aromatic rings. The van der Waals surface area contributed by atoms with E-state index in [9.17, 15) is 0 Å². The molecule has 12 heavy (non-hydrogen) atoms. The van der Waals surface area contributed by atoms with E-state index in [-0.39, 0.29) is 0 Å². The van der Waals surface area contributed by atoms with Crippen LogP contribution in [-0.2, 0) is 0 Å². The number of fused-ring (bicyclic) bond motifs is 2. The van der Waals surface area contributed by atoms with E-state index in [1.165, 1.54) is 12.8 Å². The standard InChI is InChI=1S/C10H14Br2/c1-9(2)5-3-7-8(4-6(5)9)10(7,11)12/h5-8H,3-4H2,1-2H3/t5-,6-,7-,8+/m1/s1. The van der Waals surface area contributed by atoms with Gasteiger partial charge in [0.15, 0.2) is 0 Å². The van der Waals surface area contributed by atoms with Gasteiger partial charge in [-0.25, -0.2) is 0 Å². The number of halogens is 2. The molecule has 0 nitrogen and oxygen atoms in total. The Balaban J connectivity index is 1.80. The molecular weight excluding hydrogens is 280 g/mol. The number of hydrogen-bond acceptors (Lipinski definition) is 0. The predicted octanol–water partition coefficient (Wildman–Crippen LogP) is 3.78. The molecule has 3 aliphatic rings. The summed E-state index contributed by atoms with van der Waals surface area (Å²) in [6.45, 7) is 4.88. The lowest BCUT2D eigenvalue weighted by atomic mass is 10.0. The van der Waals surface area contributed by atoms with E-state index in [2.05, 4.69) is 45.7 Å². The molecule has 0 aliphatic heterocycles. The van der Waals surface area contributed by atoms with Gasteiger partial charge in [-0.1, -0.05) is 45.7 Å². The van der Waals surface area contributed by atoms with E-state index in [1.807, 2.05) is 0 Å². The zero-order valence-electron chi connectivity index (χ0n) is 7.48. The van der Waals surface area contributed by atoms with Crippen LogP contribution < -0.4 is 0 Å². The van der Waals surface area contributed by atoms with Crippen LogP contribution >= 0.6 is 31.9 Å². The first-order valence-electron chi connectivity index (χ1n) is 4.83. The first kappa shape index (κ1) is 8.28. The molecule has 0 unspecified atom stereocenters. The Kier molecular flexibility index (Phi) is 1.36. The molecule has 3 fully saturated rings. The zero-order chi connectivity index (χ0) is 8.72. The maximum atomic E-state index is 3.78. The van der Waals surface area contributed by atoms with E-state index >= 15 is 0 Å². The zero-order valence-corrected chi connectivity index (χ0v) is 10.7. The molecule has 68 valence electrons. The van der Waals surface area contributed by atoms with Crippen LogP contribution in [-0.4, -0.2) is 3.23 Å². The molecule has 4 atom stereocenters. The molecule has 3 saturated carbocycles. The van der Waals surface area contributed by atoms with Crippen molar-refractivity contribution in [2.75, 3.05) is 0 Å². The molecule has 0 aromatic heterocycles. The molecular formula is C10H14Br2. The minimum atomic E-state index is 0.351. The van der Waals surface area contributed by atoms with Gasteiger partial charge in [0.2, 0.25) is 0 Å². The highest BCUT2D eigenvalue weighted by atomic mass is 79.9. The van der Waals surface area contributed by atoms with Gasteiger partial charge in [0.05, 0.1) is 3.23 Å². The minimum Gasteiger partial charge on any atom is -0.0721 e. The lowest BCUT2D eigenvalue weighted by Crippen LogP contribution is -1.95. The van der Waals surface area contributed by atoms with Gasteiger partial charge < -0.3 is 0 Å². The fourth-order valence-corrected chi connectivity index (χ4v) is 5.20. The summed E-state index contributed by atoms with van der Waals surface area (Å²) < 4.78 is 0.351. The summed E-state index contributed by atoms with van der Waals surface area (Å²) >= 11 is 7.56. The van der Waals surface area contributed by atoms with Crippen molar-refractivity contribution in [3.63, 3.8) is 0 Å². The third kappa shape index (κ3) is 0.796. The summed E-state index contributed by atoms with van der Waals surface area (Å²) in [6, 6.07) is 0. The van der Waals surface area contributed by atoms with Crippen molar-refractivity contribution in [2.24, 2.45) is 29.1 Å². The van der Waals surface area contributed by atoms with E-state index in [4.69, 9.17) is 0 Å². The highest BCUT2D eigenvalue weighted by Gasteiger charge is 2.73. The number of alkyl halides is 2. The van der Waals surface area contributed by atoms with Crippen LogP contribution in [0.2, 0.25) is 0 Å². The van der Waals surface area contributed by atoms with Crippen molar-refractivity contribution >= 4 is 31.9 Å². The van der Waals surface area contributed by atoms with E-state index in [0.29, 0.717) is 8.65 Å². The second-order valence-corrected chi connectivity index (χ2v) is 9.08. The Labute approximate surface area is 90.7 Å². The first-order valence-corrected chi connectivity index (χ1v) is 6.42. The fraction of sp³-hybridized carbons (Fsp3) is 1.00. The summed E-state index contributed by atoms with van der Waals surface area (Å²) in [4.78, 5) is 0.